The third kappa shape index (κ3) is 7.49. The van der Waals surface area contributed by atoms with Crippen molar-refractivity contribution in [2.75, 3.05) is 32.5 Å². The number of carbonyl (C=O) groups excluding carboxylic acids is 1. The third-order valence-corrected chi connectivity index (χ3v) is 4.15. The molecule has 0 spiro atoms. The molecule has 0 aromatic carbocycles. The van der Waals surface area contributed by atoms with Gasteiger partial charge in [0.25, 0.3) is 0 Å². The highest BCUT2D eigenvalue weighted by atomic mass is 32.2. The summed E-state index contributed by atoms with van der Waals surface area (Å²) in [6.07, 6.45) is 2.52. The molecule has 0 amide bonds. The van der Waals surface area contributed by atoms with Crippen LogP contribution in [-0.4, -0.2) is 57.2 Å². The number of sulfonamides is 1. The summed E-state index contributed by atoms with van der Waals surface area (Å²) in [7, 11) is -3.13. The van der Waals surface area contributed by atoms with Gasteiger partial charge < -0.3 is 10.1 Å². The second kappa shape index (κ2) is 9.28. The first-order valence-electron chi connectivity index (χ1n) is 6.71. The maximum Gasteiger partial charge on any atom is 0.323 e. The minimum Gasteiger partial charge on any atom is -0.465 e. The van der Waals surface area contributed by atoms with Gasteiger partial charge in [0.1, 0.15) is 6.04 Å². The van der Waals surface area contributed by atoms with E-state index in [-0.39, 0.29) is 12.0 Å². The highest BCUT2D eigenvalue weighted by Gasteiger charge is 2.17. The molecule has 0 fully saturated rings. The monoisotopic (exact) mass is 294 g/mol. The Hall–Kier alpha value is -0.660. The second-order valence-corrected chi connectivity index (χ2v) is 6.26. The standard InChI is InChI=1S/C12H26N2O4S/c1-5-11(12(15)18-7-3)13-9-8-10-14(6-2)19(4,16)17/h11,13H,5-10H2,1-4H3. The molecule has 0 saturated heterocycles. The van der Waals surface area contributed by atoms with Gasteiger partial charge in [0, 0.05) is 13.1 Å². The molecular weight excluding hydrogens is 268 g/mol. The van der Waals surface area contributed by atoms with Gasteiger partial charge in [0.05, 0.1) is 12.9 Å². The molecule has 0 heterocycles. The van der Waals surface area contributed by atoms with Crippen molar-refractivity contribution >= 4 is 16.0 Å². The fourth-order valence-electron chi connectivity index (χ4n) is 1.73. The zero-order valence-electron chi connectivity index (χ0n) is 12.3. The van der Waals surface area contributed by atoms with Gasteiger partial charge in [-0.15, -0.1) is 0 Å². The van der Waals surface area contributed by atoms with Crippen molar-refractivity contribution in [3.63, 3.8) is 0 Å². The Morgan fingerprint density at radius 1 is 1.32 bits per heavy atom. The van der Waals surface area contributed by atoms with E-state index < -0.39 is 10.0 Å². The lowest BCUT2D eigenvalue weighted by Gasteiger charge is -2.19. The molecule has 0 radical (unpaired) electrons. The maximum absolute atomic E-state index is 11.5. The van der Waals surface area contributed by atoms with E-state index in [4.69, 9.17) is 4.74 Å². The SMILES string of the molecule is CCOC(=O)C(CC)NCCCN(CC)S(C)(=O)=O. The molecule has 6 nitrogen and oxygen atoms in total. The maximum atomic E-state index is 11.5. The topological polar surface area (TPSA) is 75.7 Å². The number of hydrogen-bond donors (Lipinski definition) is 1. The first-order valence-corrected chi connectivity index (χ1v) is 8.56. The summed E-state index contributed by atoms with van der Waals surface area (Å²) in [6, 6.07) is -0.312. The van der Waals surface area contributed by atoms with Gasteiger partial charge in [-0.3, -0.25) is 4.79 Å². The predicted octanol–water partition coefficient (Wildman–Crippen LogP) is 0.589. The van der Waals surface area contributed by atoms with Gasteiger partial charge in [-0.1, -0.05) is 13.8 Å². The molecule has 0 aromatic heterocycles. The van der Waals surface area contributed by atoms with E-state index in [2.05, 4.69) is 5.32 Å². The van der Waals surface area contributed by atoms with Gasteiger partial charge in [-0.2, -0.15) is 0 Å². The number of hydrogen-bond acceptors (Lipinski definition) is 5. The summed E-state index contributed by atoms with van der Waals surface area (Å²) in [5, 5.41) is 3.09. The lowest BCUT2D eigenvalue weighted by atomic mass is 10.2. The van der Waals surface area contributed by atoms with Gasteiger partial charge in [-0.05, 0) is 26.3 Å². The number of ether oxygens (including phenoxy) is 1. The second-order valence-electron chi connectivity index (χ2n) is 4.28. The Kier molecular flexibility index (Phi) is 8.95. The number of carbonyl (C=O) groups is 1. The van der Waals surface area contributed by atoms with E-state index in [0.717, 1.165) is 0 Å². The van der Waals surface area contributed by atoms with Crippen molar-refractivity contribution in [2.45, 2.75) is 39.7 Å². The third-order valence-electron chi connectivity index (χ3n) is 2.78. The molecule has 7 heteroatoms. The first kappa shape index (κ1) is 18.3. The number of rotatable bonds is 10. The van der Waals surface area contributed by atoms with Crippen LogP contribution in [-0.2, 0) is 19.6 Å². The lowest BCUT2D eigenvalue weighted by molar-refractivity contribution is -0.145. The zero-order chi connectivity index (χ0) is 14.9. The minimum atomic E-state index is -3.13. The fraction of sp³-hybridized carbons (Fsp3) is 0.917. The summed E-state index contributed by atoms with van der Waals surface area (Å²) >= 11 is 0. The van der Waals surface area contributed by atoms with Gasteiger partial charge in [0.15, 0.2) is 0 Å². The summed E-state index contributed by atoms with van der Waals surface area (Å²) < 4.78 is 29.1. The molecule has 114 valence electrons. The van der Waals surface area contributed by atoms with E-state index >= 15 is 0 Å². The quantitative estimate of drug-likeness (QED) is 0.471. The van der Waals surface area contributed by atoms with Crippen LogP contribution in [0.2, 0.25) is 0 Å². The Balaban J connectivity index is 4.04. The van der Waals surface area contributed by atoms with Crippen molar-refractivity contribution in [1.29, 1.82) is 0 Å². The Morgan fingerprint density at radius 2 is 1.95 bits per heavy atom. The van der Waals surface area contributed by atoms with E-state index in [1.165, 1.54) is 10.6 Å². The first-order chi connectivity index (χ1) is 8.86. The van der Waals surface area contributed by atoms with Crippen molar-refractivity contribution < 1.29 is 17.9 Å². The molecule has 0 aliphatic rings. The Labute approximate surface area is 116 Å². The molecule has 0 aromatic rings. The molecular formula is C12H26N2O4S. The Bertz CT molecular complexity index is 357. The lowest BCUT2D eigenvalue weighted by Crippen LogP contribution is -2.39. The summed E-state index contributed by atoms with van der Waals surface area (Å²) in [6.45, 7) is 7.37. The molecule has 0 aliphatic heterocycles. The van der Waals surface area contributed by atoms with E-state index in [1.807, 2.05) is 13.8 Å². The van der Waals surface area contributed by atoms with Crippen LogP contribution in [0.25, 0.3) is 0 Å². The zero-order valence-corrected chi connectivity index (χ0v) is 13.1. The smallest absolute Gasteiger partial charge is 0.323 e. The number of nitrogens with zero attached hydrogens (tertiary/aromatic N) is 1. The van der Waals surface area contributed by atoms with Crippen molar-refractivity contribution in [3.8, 4) is 0 Å². The summed E-state index contributed by atoms with van der Waals surface area (Å²) in [4.78, 5) is 11.5. The molecule has 0 bridgehead atoms. The Morgan fingerprint density at radius 3 is 2.37 bits per heavy atom. The van der Waals surface area contributed by atoms with Gasteiger partial charge in [-0.25, -0.2) is 12.7 Å². The predicted molar refractivity (Wildman–Crippen MR) is 75.4 cm³/mol. The summed E-state index contributed by atoms with van der Waals surface area (Å²) in [5.74, 6) is -0.250. The van der Waals surface area contributed by atoms with Gasteiger partial charge in [0.2, 0.25) is 10.0 Å². The molecule has 0 rings (SSSR count). The average Bonchev–Trinajstić information content (AvgIpc) is 2.32. The fourth-order valence-corrected chi connectivity index (χ4v) is 2.66. The van der Waals surface area contributed by atoms with Crippen LogP contribution in [0, 0.1) is 0 Å². The van der Waals surface area contributed by atoms with Crippen molar-refractivity contribution in [1.82, 2.24) is 9.62 Å². The number of esters is 1. The normalized spacial score (nSPS) is 13.5. The van der Waals surface area contributed by atoms with E-state index in [9.17, 15) is 13.2 Å². The van der Waals surface area contributed by atoms with Crippen LogP contribution >= 0.6 is 0 Å². The van der Waals surface area contributed by atoms with Gasteiger partial charge >= 0.3 is 5.97 Å². The molecule has 1 unspecified atom stereocenters. The van der Waals surface area contributed by atoms with Crippen LogP contribution < -0.4 is 5.32 Å². The number of nitrogens with one attached hydrogen (secondary N) is 1. The van der Waals surface area contributed by atoms with Crippen LogP contribution in [0.1, 0.15) is 33.6 Å². The highest BCUT2D eigenvalue weighted by molar-refractivity contribution is 7.88. The average molecular weight is 294 g/mol. The van der Waals surface area contributed by atoms with Crippen molar-refractivity contribution in [3.05, 3.63) is 0 Å². The van der Waals surface area contributed by atoms with Crippen LogP contribution in [0.3, 0.4) is 0 Å². The highest BCUT2D eigenvalue weighted by Crippen LogP contribution is 2.00. The van der Waals surface area contributed by atoms with Crippen molar-refractivity contribution in [2.24, 2.45) is 0 Å². The molecule has 0 saturated carbocycles. The molecule has 0 aliphatic carbocycles. The molecule has 19 heavy (non-hydrogen) atoms. The van der Waals surface area contributed by atoms with Crippen LogP contribution in [0.4, 0.5) is 0 Å². The molecule has 1 atom stereocenters. The van der Waals surface area contributed by atoms with E-state index in [0.29, 0.717) is 39.1 Å². The van der Waals surface area contributed by atoms with Crippen LogP contribution in [0.5, 0.6) is 0 Å². The summed E-state index contributed by atoms with van der Waals surface area (Å²) in [5.41, 5.74) is 0. The van der Waals surface area contributed by atoms with Crippen LogP contribution in [0.15, 0.2) is 0 Å². The largest absolute Gasteiger partial charge is 0.465 e. The minimum absolute atomic E-state index is 0.250. The molecule has 1 N–H and O–H groups in total. The van der Waals surface area contributed by atoms with E-state index in [1.54, 1.807) is 6.92 Å².